The van der Waals surface area contributed by atoms with Crippen molar-refractivity contribution in [3.8, 4) is 5.75 Å². The summed E-state index contributed by atoms with van der Waals surface area (Å²) in [6.07, 6.45) is 4.03. The highest BCUT2D eigenvalue weighted by Crippen LogP contribution is 2.26. The Morgan fingerprint density at radius 3 is 2.95 bits per heavy atom. The lowest BCUT2D eigenvalue weighted by Crippen LogP contribution is -2.33. The van der Waals surface area contributed by atoms with Gasteiger partial charge in [0.05, 0.1) is 6.61 Å². The van der Waals surface area contributed by atoms with Gasteiger partial charge in [0.15, 0.2) is 0 Å². The molecule has 1 aromatic carbocycles. The number of benzene rings is 1. The second-order valence-corrected chi connectivity index (χ2v) is 5.51. The molecule has 1 atom stereocenters. The van der Waals surface area contributed by atoms with Crippen molar-refractivity contribution in [2.75, 3.05) is 13.2 Å². The first kappa shape index (κ1) is 14.6. The molecule has 1 aliphatic rings. The number of hydrogen-bond donors (Lipinski definition) is 1. The Morgan fingerprint density at radius 1 is 1.23 bits per heavy atom. The number of carbonyl (C=O) groups is 1. The number of nitrogens with zero attached hydrogens (tertiary/aromatic N) is 1. The molecule has 0 saturated carbocycles. The molecule has 114 valence electrons. The molecule has 1 N–H and O–H groups in total. The van der Waals surface area contributed by atoms with Crippen LogP contribution in [0.4, 0.5) is 0 Å². The third kappa shape index (κ3) is 3.64. The minimum absolute atomic E-state index is 0.0209. The molecule has 1 aliphatic heterocycles. The average molecular weight is 296 g/mol. The van der Waals surface area contributed by atoms with Crippen LogP contribution in [0.3, 0.4) is 0 Å². The lowest BCUT2D eigenvalue weighted by atomic mass is 9.96. The Kier molecular flexibility index (Phi) is 4.68. The summed E-state index contributed by atoms with van der Waals surface area (Å²) >= 11 is 0. The number of carbonyl (C=O) groups excluding carboxylic acids is 1. The van der Waals surface area contributed by atoms with Crippen LogP contribution in [0.25, 0.3) is 0 Å². The number of rotatable bonds is 4. The van der Waals surface area contributed by atoms with Gasteiger partial charge in [-0.2, -0.15) is 0 Å². The minimum Gasteiger partial charge on any atom is -0.493 e. The summed E-state index contributed by atoms with van der Waals surface area (Å²) in [5, 5.41) is 3.02. The number of para-hydroxylation sites is 1. The normalized spacial score (nSPS) is 17.0. The molecular formula is C18H20N2O2. The van der Waals surface area contributed by atoms with Crippen LogP contribution in [0, 0.1) is 5.92 Å². The molecule has 2 aromatic rings. The van der Waals surface area contributed by atoms with Crippen LogP contribution in [0.1, 0.15) is 17.7 Å². The smallest absolute Gasteiger partial charge is 0.223 e. The van der Waals surface area contributed by atoms with Crippen LogP contribution in [0.2, 0.25) is 0 Å². The molecular weight excluding hydrogens is 276 g/mol. The summed E-state index contributed by atoms with van der Waals surface area (Å²) in [5.74, 6) is 0.995. The molecule has 4 nitrogen and oxygen atoms in total. The van der Waals surface area contributed by atoms with Gasteiger partial charge in [-0.25, -0.2) is 0 Å². The van der Waals surface area contributed by atoms with Gasteiger partial charge in [0.25, 0.3) is 0 Å². The van der Waals surface area contributed by atoms with Gasteiger partial charge in [0, 0.05) is 30.8 Å². The maximum absolute atomic E-state index is 12.4. The van der Waals surface area contributed by atoms with E-state index in [1.165, 1.54) is 0 Å². The van der Waals surface area contributed by atoms with E-state index in [4.69, 9.17) is 4.74 Å². The predicted octanol–water partition coefficient (Wildman–Crippen LogP) is 2.38. The molecule has 3 rings (SSSR count). The van der Waals surface area contributed by atoms with E-state index in [1.807, 2.05) is 42.5 Å². The summed E-state index contributed by atoms with van der Waals surface area (Å²) in [7, 11) is 0. The summed E-state index contributed by atoms with van der Waals surface area (Å²) in [5.41, 5.74) is 2.11. The first-order valence-corrected chi connectivity index (χ1v) is 7.71. The largest absolute Gasteiger partial charge is 0.493 e. The maximum Gasteiger partial charge on any atom is 0.223 e. The fourth-order valence-electron chi connectivity index (χ4n) is 2.72. The van der Waals surface area contributed by atoms with Crippen molar-refractivity contribution in [2.24, 2.45) is 5.92 Å². The predicted molar refractivity (Wildman–Crippen MR) is 84.7 cm³/mol. The van der Waals surface area contributed by atoms with Crippen molar-refractivity contribution in [1.29, 1.82) is 0 Å². The first-order chi connectivity index (χ1) is 10.8. The summed E-state index contributed by atoms with van der Waals surface area (Å²) < 4.78 is 5.71. The number of amides is 1. The molecule has 1 unspecified atom stereocenters. The fraction of sp³-hybridized carbons (Fsp3) is 0.333. The van der Waals surface area contributed by atoms with Crippen molar-refractivity contribution in [3.63, 3.8) is 0 Å². The lowest BCUT2D eigenvalue weighted by Gasteiger charge is -2.13. The van der Waals surface area contributed by atoms with Crippen LogP contribution >= 0.6 is 0 Å². The van der Waals surface area contributed by atoms with Gasteiger partial charge >= 0.3 is 0 Å². The van der Waals surface area contributed by atoms with Gasteiger partial charge in [-0.05, 0) is 36.6 Å². The number of nitrogens with one attached hydrogen (secondary N) is 1. The van der Waals surface area contributed by atoms with E-state index in [2.05, 4.69) is 10.3 Å². The van der Waals surface area contributed by atoms with Crippen LogP contribution in [0.5, 0.6) is 5.75 Å². The van der Waals surface area contributed by atoms with Gasteiger partial charge in [0.2, 0.25) is 5.91 Å². The standard InChI is InChI=1S/C18H20N2O2/c21-18(20-11-8-16-6-3-4-10-19-16)15-9-12-22-17-7-2-1-5-14(17)13-15/h1-7,10,15H,8-9,11-13H2,(H,20,21). The fourth-order valence-corrected chi connectivity index (χ4v) is 2.72. The second kappa shape index (κ2) is 7.07. The number of pyridine rings is 1. The Hall–Kier alpha value is -2.36. The molecule has 0 bridgehead atoms. The van der Waals surface area contributed by atoms with Gasteiger partial charge in [0.1, 0.15) is 5.75 Å². The van der Waals surface area contributed by atoms with Crippen molar-refractivity contribution in [3.05, 3.63) is 59.9 Å². The van der Waals surface area contributed by atoms with Crippen LogP contribution in [-0.4, -0.2) is 24.0 Å². The van der Waals surface area contributed by atoms with E-state index in [9.17, 15) is 4.79 Å². The van der Waals surface area contributed by atoms with E-state index in [0.29, 0.717) is 13.2 Å². The molecule has 0 aliphatic carbocycles. The molecule has 0 radical (unpaired) electrons. The molecule has 4 heteroatoms. The SMILES string of the molecule is O=C(NCCc1ccccn1)C1CCOc2ccccc2C1. The third-order valence-electron chi connectivity index (χ3n) is 3.94. The summed E-state index contributed by atoms with van der Waals surface area (Å²) in [6.45, 7) is 1.21. The molecule has 1 aromatic heterocycles. The zero-order chi connectivity index (χ0) is 15.2. The Morgan fingerprint density at radius 2 is 2.09 bits per heavy atom. The van der Waals surface area contributed by atoms with E-state index in [1.54, 1.807) is 6.20 Å². The topological polar surface area (TPSA) is 51.2 Å². The number of fused-ring (bicyclic) bond motifs is 1. The van der Waals surface area contributed by atoms with Gasteiger partial charge in [-0.15, -0.1) is 0 Å². The van der Waals surface area contributed by atoms with Crippen molar-refractivity contribution in [2.45, 2.75) is 19.3 Å². The number of ether oxygens (including phenoxy) is 1. The van der Waals surface area contributed by atoms with E-state index >= 15 is 0 Å². The van der Waals surface area contributed by atoms with E-state index in [-0.39, 0.29) is 11.8 Å². The molecule has 2 heterocycles. The molecule has 0 saturated heterocycles. The quantitative estimate of drug-likeness (QED) is 0.942. The highest BCUT2D eigenvalue weighted by molar-refractivity contribution is 5.79. The highest BCUT2D eigenvalue weighted by atomic mass is 16.5. The molecule has 22 heavy (non-hydrogen) atoms. The second-order valence-electron chi connectivity index (χ2n) is 5.51. The monoisotopic (exact) mass is 296 g/mol. The van der Waals surface area contributed by atoms with E-state index < -0.39 is 0 Å². The van der Waals surface area contributed by atoms with Crippen molar-refractivity contribution < 1.29 is 9.53 Å². The summed E-state index contributed by atoms with van der Waals surface area (Å²) in [4.78, 5) is 16.6. The number of aromatic nitrogens is 1. The molecule has 0 spiro atoms. The minimum atomic E-state index is -0.0209. The Labute approximate surface area is 130 Å². The maximum atomic E-state index is 12.4. The average Bonchev–Trinajstić information content (AvgIpc) is 2.78. The van der Waals surface area contributed by atoms with E-state index in [0.717, 1.165) is 36.3 Å². The Balaban J connectivity index is 1.54. The van der Waals surface area contributed by atoms with Gasteiger partial charge < -0.3 is 10.1 Å². The van der Waals surface area contributed by atoms with Crippen molar-refractivity contribution in [1.82, 2.24) is 10.3 Å². The number of hydrogen-bond acceptors (Lipinski definition) is 3. The van der Waals surface area contributed by atoms with Gasteiger partial charge in [-0.1, -0.05) is 24.3 Å². The van der Waals surface area contributed by atoms with Crippen LogP contribution < -0.4 is 10.1 Å². The Bertz CT molecular complexity index is 628. The lowest BCUT2D eigenvalue weighted by molar-refractivity contribution is -0.125. The zero-order valence-electron chi connectivity index (χ0n) is 12.5. The van der Waals surface area contributed by atoms with Crippen LogP contribution in [0.15, 0.2) is 48.7 Å². The highest BCUT2D eigenvalue weighted by Gasteiger charge is 2.23. The molecule has 0 fully saturated rings. The first-order valence-electron chi connectivity index (χ1n) is 7.71. The van der Waals surface area contributed by atoms with Gasteiger partial charge in [-0.3, -0.25) is 9.78 Å². The third-order valence-corrected chi connectivity index (χ3v) is 3.94. The summed E-state index contributed by atoms with van der Waals surface area (Å²) in [6, 6.07) is 13.8. The molecule has 1 amide bonds. The van der Waals surface area contributed by atoms with Crippen molar-refractivity contribution >= 4 is 5.91 Å². The van der Waals surface area contributed by atoms with Crippen LogP contribution in [-0.2, 0) is 17.6 Å². The zero-order valence-corrected chi connectivity index (χ0v) is 12.5.